The highest BCUT2D eigenvalue weighted by molar-refractivity contribution is 5.98. The SMILES string of the molecule is Cc1cccc(/C=C/C(=O)NNC(=O)c2ccccc2C)c1. The molecule has 0 fully saturated rings. The van der Waals surface area contributed by atoms with Crippen LogP contribution < -0.4 is 10.9 Å². The molecular formula is C18H18N2O2. The maximum atomic E-state index is 11.9. The third-order valence-electron chi connectivity index (χ3n) is 3.16. The van der Waals surface area contributed by atoms with E-state index in [0.717, 1.165) is 16.7 Å². The average molecular weight is 294 g/mol. The number of nitrogens with one attached hydrogen (secondary N) is 2. The first-order valence-corrected chi connectivity index (χ1v) is 6.97. The second kappa shape index (κ2) is 7.22. The van der Waals surface area contributed by atoms with Crippen LogP contribution >= 0.6 is 0 Å². The van der Waals surface area contributed by atoms with Crippen LogP contribution in [-0.2, 0) is 4.79 Å². The van der Waals surface area contributed by atoms with Gasteiger partial charge in [-0.15, -0.1) is 0 Å². The summed E-state index contributed by atoms with van der Waals surface area (Å²) < 4.78 is 0. The molecular weight excluding hydrogens is 276 g/mol. The number of hydrogen-bond donors (Lipinski definition) is 2. The molecule has 2 aromatic carbocycles. The zero-order chi connectivity index (χ0) is 15.9. The topological polar surface area (TPSA) is 58.2 Å². The van der Waals surface area contributed by atoms with Gasteiger partial charge in [-0.3, -0.25) is 20.4 Å². The fourth-order valence-electron chi connectivity index (χ4n) is 2.00. The Morgan fingerprint density at radius 1 is 0.955 bits per heavy atom. The Bertz CT molecular complexity index is 721. The van der Waals surface area contributed by atoms with Crippen molar-refractivity contribution in [3.63, 3.8) is 0 Å². The summed E-state index contributed by atoms with van der Waals surface area (Å²) in [6.07, 6.45) is 3.08. The fourth-order valence-corrected chi connectivity index (χ4v) is 2.00. The monoisotopic (exact) mass is 294 g/mol. The summed E-state index contributed by atoms with van der Waals surface area (Å²) in [5.74, 6) is -0.723. The molecule has 0 bridgehead atoms. The Kier molecular flexibility index (Phi) is 5.09. The molecule has 2 aromatic rings. The van der Waals surface area contributed by atoms with E-state index < -0.39 is 0 Å². The minimum atomic E-state index is -0.386. The van der Waals surface area contributed by atoms with Crippen LogP contribution in [0.3, 0.4) is 0 Å². The van der Waals surface area contributed by atoms with Crippen LogP contribution in [0, 0.1) is 13.8 Å². The van der Waals surface area contributed by atoms with Crippen molar-refractivity contribution in [1.82, 2.24) is 10.9 Å². The van der Waals surface area contributed by atoms with Gasteiger partial charge < -0.3 is 0 Å². The van der Waals surface area contributed by atoms with E-state index in [1.165, 1.54) is 6.08 Å². The molecule has 0 radical (unpaired) electrons. The van der Waals surface area contributed by atoms with Gasteiger partial charge in [0.05, 0.1) is 0 Å². The smallest absolute Gasteiger partial charge is 0.268 e. The molecule has 0 saturated carbocycles. The number of amides is 2. The number of aryl methyl sites for hydroxylation is 2. The van der Waals surface area contributed by atoms with Gasteiger partial charge in [-0.2, -0.15) is 0 Å². The molecule has 0 saturated heterocycles. The van der Waals surface area contributed by atoms with Gasteiger partial charge >= 0.3 is 0 Å². The van der Waals surface area contributed by atoms with Crippen LogP contribution in [0.15, 0.2) is 54.6 Å². The molecule has 112 valence electrons. The molecule has 2 N–H and O–H groups in total. The molecule has 0 aliphatic rings. The highest BCUT2D eigenvalue weighted by Gasteiger charge is 2.07. The van der Waals surface area contributed by atoms with Gasteiger partial charge in [0.1, 0.15) is 0 Å². The Morgan fingerprint density at radius 2 is 1.73 bits per heavy atom. The molecule has 0 atom stereocenters. The first-order chi connectivity index (χ1) is 10.6. The number of benzene rings is 2. The van der Waals surface area contributed by atoms with Crippen molar-refractivity contribution in [3.8, 4) is 0 Å². The zero-order valence-corrected chi connectivity index (χ0v) is 12.6. The molecule has 0 aromatic heterocycles. The third-order valence-corrected chi connectivity index (χ3v) is 3.16. The van der Waals surface area contributed by atoms with Crippen molar-refractivity contribution in [3.05, 3.63) is 76.9 Å². The second-order valence-electron chi connectivity index (χ2n) is 5.01. The van der Waals surface area contributed by atoms with Gasteiger partial charge in [-0.1, -0.05) is 48.0 Å². The Balaban J connectivity index is 1.90. The first kappa shape index (κ1) is 15.5. The molecule has 2 rings (SSSR count). The number of carbonyl (C=O) groups excluding carboxylic acids is 2. The lowest BCUT2D eigenvalue weighted by molar-refractivity contribution is -0.117. The van der Waals surface area contributed by atoms with Crippen LogP contribution in [0.5, 0.6) is 0 Å². The molecule has 4 heteroatoms. The molecule has 0 heterocycles. The number of carbonyl (C=O) groups is 2. The Hall–Kier alpha value is -2.88. The summed E-state index contributed by atoms with van der Waals surface area (Å²) in [6.45, 7) is 3.83. The van der Waals surface area contributed by atoms with Crippen LogP contribution in [0.25, 0.3) is 6.08 Å². The summed E-state index contributed by atoms with van der Waals surface area (Å²) in [4.78, 5) is 23.6. The summed E-state index contributed by atoms with van der Waals surface area (Å²) in [6, 6.07) is 15.0. The van der Waals surface area contributed by atoms with E-state index in [2.05, 4.69) is 10.9 Å². The second-order valence-corrected chi connectivity index (χ2v) is 5.01. The minimum Gasteiger partial charge on any atom is -0.268 e. The number of rotatable bonds is 3. The van der Waals surface area contributed by atoms with Gasteiger partial charge in [0.15, 0.2) is 0 Å². The molecule has 4 nitrogen and oxygen atoms in total. The molecule has 22 heavy (non-hydrogen) atoms. The van der Waals surface area contributed by atoms with Gasteiger partial charge in [0.25, 0.3) is 11.8 Å². The zero-order valence-electron chi connectivity index (χ0n) is 12.6. The fraction of sp³-hybridized carbons (Fsp3) is 0.111. The quantitative estimate of drug-likeness (QED) is 0.675. The van der Waals surface area contributed by atoms with Crippen LogP contribution in [0.1, 0.15) is 27.0 Å². The Morgan fingerprint density at radius 3 is 2.45 bits per heavy atom. The maximum absolute atomic E-state index is 11.9. The van der Waals surface area contributed by atoms with E-state index in [4.69, 9.17) is 0 Å². The van der Waals surface area contributed by atoms with Crippen LogP contribution in [-0.4, -0.2) is 11.8 Å². The van der Waals surface area contributed by atoms with Gasteiger partial charge in [0.2, 0.25) is 0 Å². The average Bonchev–Trinajstić information content (AvgIpc) is 2.51. The molecule has 0 aliphatic carbocycles. The summed E-state index contributed by atoms with van der Waals surface area (Å²) >= 11 is 0. The molecule has 0 unspecified atom stereocenters. The number of hydrazine groups is 1. The minimum absolute atomic E-state index is 0.338. The van der Waals surface area contributed by atoms with E-state index in [1.807, 2.05) is 50.2 Å². The lowest BCUT2D eigenvalue weighted by Gasteiger charge is -2.07. The van der Waals surface area contributed by atoms with E-state index in [-0.39, 0.29) is 11.8 Å². The van der Waals surface area contributed by atoms with Crippen LogP contribution in [0.2, 0.25) is 0 Å². The molecule has 2 amide bonds. The lowest BCUT2D eigenvalue weighted by Crippen LogP contribution is -2.41. The van der Waals surface area contributed by atoms with Gasteiger partial charge in [0, 0.05) is 11.6 Å². The summed E-state index contributed by atoms with van der Waals surface area (Å²) in [5, 5.41) is 0. The summed E-state index contributed by atoms with van der Waals surface area (Å²) in [5.41, 5.74) is 8.20. The maximum Gasteiger partial charge on any atom is 0.269 e. The third kappa shape index (κ3) is 4.31. The first-order valence-electron chi connectivity index (χ1n) is 6.97. The predicted octanol–water partition coefficient (Wildman–Crippen LogP) is 2.78. The van der Waals surface area contributed by atoms with Crippen molar-refractivity contribution in [2.24, 2.45) is 0 Å². The van der Waals surface area contributed by atoms with Crippen molar-refractivity contribution >= 4 is 17.9 Å². The van der Waals surface area contributed by atoms with Crippen LogP contribution in [0.4, 0.5) is 0 Å². The lowest BCUT2D eigenvalue weighted by atomic mass is 10.1. The highest BCUT2D eigenvalue weighted by atomic mass is 16.2. The Labute approximate surface area is 129 Å². The van der Waals surface area contributed by atoms with Crippen molar-refractivity contribution in [2.45, 2.75) is 13.8 Å². The normalized spacial score (nSPS) is 10.5. The highest BCUT2D eigenvalue weighted by Crippen LogP contribution is 2.06. The van der Waals surface area contributed by atoms with E-state index >= 15 is 0 Å². The standard InChI is InChI=1S/C18H18N2O2/c1-13-6-5-8-15(12-13)10-11-17(21)19-20-18(22)16-9-4-3-7-14(16)2/h3-12H,1-2H3,(H,19,21)(H,20,22)/b11-10+. The predicted molar refractivity (Wildman–Crippen MR) is 87.0 cm³/mol. The largest absolute Gasteiger partial charge is 0.269 e. The van der Waals surface area contributed by atoms with Crippen molar-refractivity contribution in [2.75, 3.05) is 0 Å². The summed E-state index contributed by atoms with van der Waals surface area (Å²) in [7, 11) is 0. The van der Waals surface area contributed by atoms with E-state index in [9.17, 15) is 9.59 Å². The van der Waals surface area contributed by atoms with Gasteiger partial charge in [-0.25, -0.2) is 0 Å². The number of hydrogen-bond acceptors (Lipinski definition) is 2. The van der Waals surface area contributed by atoms with E-state index in [0.29, 0.717) is 5.56 Å². The van der Waals surface area contributed by atoms with Crippen molar-refractivity contribution in [1.29, 1.82) is 0 Å². The molecule has 0 aliphatic heterocycles. The van der Waals surface area contributed by atoms with Gasteiger partial charge in [-0.05, 0) is 37.1 Å². The van der Waals surface area contributed by atoms with Crippen molar-refractivity contribution < 1.29 is 9.59 Å². The molecule has 0 spiro atoms. The van der Waals surface area contributed by atoms with E-state index in [1.54, 1.807) is 18.2 Å².